The zero-order valence-electron chi connectivity index (χ0n) is 12.3. The van der Waals surface area contributed by atoms with E-state index >= 15 is 0 Å². The Morgan fingerprint density at radius 3 is 2.83 bits per heavy atom. The zero-order valence-corrected chi connectivity index (χ0v) is 12.3. The van der Waals surface area contributed by atoms with E-state index in [9.17, 15) is 18.0 Å². The van der Waals surface area contributed by atoms with Crippen LogP contribution in [0, 0.1) is 0 Å². The van der Waals surface area contributed by atoms with E-state index in [1.54, 1.807) is 0 Å². The monoisotopic (exact) mass is 327 g/mol. The van der Waals surface area contributed by atoms with Crippen LogP contribution in [0.15, 0.2) is 30.5 Å². The van der Waals surface area contributed by atoms with Crippen LogP contribution in [0.2, 0.25) is 0 Å². The normalized spacial score (nSPS) is 12.9. The van der Waals surface area contributed by atoms with Crippen LogP contribution in [0.3, 0.4) is 0 Å². The van der Waals surface area contributed by atoms with Crippen molar-refractivity contribution in [3.8, 4) is 5.69 Å². The molecule has 9 heteroatoms. The fourth-order valence-corrected chi connectivity index (χ4v) is 1.82. The minimum absolute atomic E-state index is 0.0205. The Hall–Kier alpha value is -2.42. The predicted molar refractivity (Wildman–Crippen MR) is 77.0 cm³/mol. The quantitative estimate of drug-likeness (QED) is 0.876. The average Bonchev–Trinajstić information content (AvgIpc) is 2.96. The molecule has 0 saturated heterocycles. The molecule has 1 unspecified atom stereocenters. The van der Waals surface area contributed by atoms with Crippen molar-refractivity contribution < 1.29 is 18.0 Å². The van der Waals surface area contributed by atoms with E-state index in [1.165, 1.54) is 18.3 Å². The van der Waals surface area contributed by atoms with Crippen LogP contribution in [0.5, 0.6) is 0 Å². The van der Waals surface area contributed by atoms with E-state index in [1.807, 2.05) is 6.92 Å². The number of alkyl halides is 3. The maximum atomic E-state index is 12.7. The van der Waals surface area contributed by atoms with Crippen LogP contribution in [0.1, 0.15) is 29.4 Å². The van der Waals surface area contributed by atoms with Crippen molar-refractivity contribution in [3.05, 3.63) is 41.7 Å². The van der Waals surface area contributed by atoms with E-state index in [2.05, 4.69) is 15.6 Å². The van der Waals surface area contributed by atoms with Crippen LogP contribution in [-0.4, -0.2) is 33.5 Å². The Balaban J connectivity index is 2.12. The maximum absolute atomic E-state index is 12.7. The van der Waals surface area contributed by atoms with Gasteiger partial charge in [0.15, 0.2) is 5.69 Å². The van der Waals surface area contributed by atoms with Gasteiger partial charge in [-0.25, -0.2) is 4.68 Å². The molecule has 0 spiro atoms. The molecule has 0 aliphatic carbocycles. The van der Waals surface area contributed by atoms with Crippen LogP contribution in [-0.2, 0) is 6.18 Å². The molecule has 6 nitrogen and oxygen atoms in total. The van der Waals surface area contributed by atoms with Crippen LogP contribution in [0.4, 0.5) is 13.2 Å². The fourth-order valence-electron chi connectivity index (χ4n) is 1.82. The Bertz CT molecular complexity index is 681. The van der Waals surface area contributed by atoms with Gasteiger partial charge in [-0.3, -0.25) is 4.79 Å². The first-order valence-corrected chi connectivity index (χ1v) is 6.91. The summed E-state index contributed by atoms with van der Waals surface area (Å²) in [5, 5.41) is 9.97. The van der Waals surface area contributed by atoms with E-state index in [0.29, 0.717) is 13.0 Å². The number of rotatable bonds is 5. The van der Waals surface area contributed by atoms with Gasteiger partial charge in [-0.2, -0.15) is 13.2 Å². The maximum Gasteiger partial charge on any atom is 0.416 e. The van der Waals surface area contributed by atoms with Gasteiger partial charge in [0.1, 0.15) is 0 Å². The molecule has 23 heavy (non-hydrogen) atoms. The van der Waals surface area contributed by atoms with Crippen molar-refractivity contribution in [2.75, 3.05) is 6.54 Å². The highest BCUT2D eigenvalue weighted by Crippen LogP contribution is 2.30. The van der Waals surface area contributed by atoms with Crippen molar-refractivity contribution in [1.29, 1.82) is 0 Å². The van der Waals surface area contributed by atoms with Crippen LogP contribution >= 0.6 is 0 Å². The molecule has 3 N–H and O–H groups in total. The van der Waals surface area contributed by atoms with Crippen molar-refractivity contribution in [1.82, 2.24) is 20.3 Å². The standard InChI is InChI=1S/C14H16F3N5O/c1-9(18)5-6-19-13(23)12-8-22(21-20-12)11-4-2-3-10(7-11)14(15,16)17/h2-4,7-9H,5-6,18H2,1H3,(H,19,23). The summed E-state index contributed by atoms with van der Waals surface area (Å²) in [6.07, 6.45) is -2.57. The lowest BCUT2D eigenvalue weighted by Gasteiger charge is -2.08. The summed E-state index contributed by atoms with van der Waals surface area (Å²) in [5.74, 6) is -0.455. The minimum atomic E-state index is -4.45. The molecule has 0 aliphatic heterocycles. The number of nitrogens with one attached hydrogen (secondary N) is 1. The number of carbonyl (C=O) groups excluding carboxylic acids is 1. The first kappa shape index (κ1) is 16.9. The van der Waals surface area contributed by atoms with E-state index < -0.39 is 17.6 Å². The number of benzene rings is 1. The largest absolute Gasteiger partial charge is 0.416 e. The number of hydrogen-bond donors (Lipinski definition) is 2. The highest BCUT2D eigenvalue weighted by molar-refractivity contribution is 5.91. The smallest absolute Gasteiger partial charge is 0.351 e. The summed E-state index contributed by atoms with van der Waals surface area (Å²) in [7, 11) is 0. The topological polar surface area (TPSA) is 85.8 Å². The highest BCUT2D eigenvalue weighted by atomic mass is 19.4. The number of carbonyl (C=O) groups is 1. The molecule has 1 heterocycles. The molecule has 0 bridgehead atoms. The Morgan fingerprint density at radius 1 is 1.43 bits per heavy atom. The third-order valence-corrected chi connectivity index (χ3v) is 3.05. The number of nitrogens with two attached hydrogens (primary N) is 1. The summed E-state index contributed by atoms with van der Waals surface area (Å²) in [6.45, 7) is 2.20. The number of nitrogens with zero attached hydrogens (tertiary/aromatic N) is 3. The first-order chi connectivity index (χ1) is 10.8. The molecular weight excluding hydrogens is 311 g/mol. The van der Waals surface area contributed by atoms with Gasteiger partial charge in [-0.05, 0) is 31.5 Å². The first-order valence-electron chi connectivity index (χ1n) is 6.91. The molecule has 2 aromatic rings. The number of hydrogen-bond acceptors (Lipinski definition) is 4. The summed E-state index contributed by atoms with van der Waals surface area (Å²) < 4.78 is 39.2. The molecule has 1 aromatic carbocycles. The van der Waals surface area contributed by atoms with Gasteiger partial charge in [-0.1, -0.05) is 11.3 Å². The molecule has 2 rings (SSSR count). The predicted octanol–water partition coefficient (Wildman–Crippen LogP) is 1.75. The second-order valence-corrected chi connectivity index (χ2v) is 5.12. The summed E-state index contributed by atoms with van der Waals surface area (Å²) in [5.41, 5.74) is 4.96. The molecule has 1 atom stereocenters. The molecule has 0 fully saturated rings. The second-order valence-electron chi connectivity index (χ2n) is 5.12. The third kappa shape index (κ3) is 4.52. The molecular formula is C14H16F3N5O. The molecule has 0 saturated carbocycles. The molecule has 1 amide bonds. The van der Waals surface area contributed by atoms with Gasteiger partial charge >= 0.3 is 6.18 Å². The number of amides is 1. The molecule has 0 aliphatic rings. The lowest BCUT2D eigenvalue weighted by atomic mass is 10.2. The molecule has 1 aromatic heterocycles. The SMILES string of the molecule is CC(N)CCNC(=O)c1cn(-c2cccc(C(F)(F)F)c2)nn1. The molecule has 0 radical (unpaired) electrons. The van der Waals surface area contributed by atoms with Gasteiger partial charge in [-0.15, -0.1) is 5.10 Å². The Morgan fingerprint density at radius 2 is 2.17 bits per heavy atom. The lowest BCUT2D eigenvalue weighted by molar-refractivity contribution is -0.137. The van der Waals surface area contributed by atoms with Gasteiger partial charge in [0.05, 0.1) is 17.4 Å². The third-order valence-electron chi connectivity index (χ3n) is 3.05. The van der Waals surface area contributed by atoms with Crippen molar-refractivity contribution in [2.24, 2.45) is 5.73 Å². The average molecular weight is 327 g/mol. The van der Waals surface area contributed by atoms with Crippen LogP contribution < -0.4 is 11.1 Å². The summed E-state index contributed by atoms with van der Waals surface area (Å²) in [4.78, 5) is 11.8. The van der Waals surface area contributed by atoms with Crippen LogP contribution in [0.25, 0.3) is 5.69 Å². The summed E-state index contributed by atoms with van der Waals surface area (Å²) >= 11 is 0. The number of halogens is 3. The zero-order chi connectivity index (χ0) is 17.0. The Kier molecular flexibility index (Phi) is 4.99. The van der Waals surface area contributed by atoms with Crippen molar-refractivity contribution in [3.63, 3.8) is 0 Å². The van der Waals surface area contributed by atoms with E-state index in [0.717, 1.165) is 16.8 Å². The molecule has 124 valence electrons. The lowest BCUT2D eigenvalue weighted by Crippen LogP contribution is -2.29. The van der Waals surface area contributed by atoms with Gasteiger partial charge in [0.2, 0.25) is 0 Å². The van der Waals surface area contributed by atoms with Crippen molar-refractivity contribution >= 4 is 5.91 Å². The Labute approximate surface area is 130 Å². The van der Waals surface area contributed by atoms with Gasteiger partial charge in [0, 0.05) is 12.6 Å². The fraction of sp³-hybridized carbons (Fsp3) is 0.357. The van der Waals surface area contributed by atoms with Gasteiger partial charge < -0.3 is 11.1 Å². The van der Waals surface area contributed by atoms with Gasteiger partial charge in [0.25, 0.3) is 5.91 Å². The second kappa shape index (κ2) is 6.78. The summed E-state index contributed by atoms with van der Waals surface area (Å²) in [6, 6.07) is 4.56. The van der Waals surface area contributed by atoms with E-state index in [4.69, 9.17) is 5.73 Å². The minimum Gasteiger partial charge on any atom is -0.351 e. The van der Waals surface area contributed by atoms with E-state index in [-0.39, 0.29) is 17.4 Å². The number of aromatic nitrogens is 3. The highest BCUT2D eigenvalue weighted by Gasteiger charge is 2.30. The van der Waals surface area contributed by atoms with Crippen molar-refractivity contribution in [2.45, 2.75) is 25.6 Å².